The van der Waals surface area contributed by atoms with Crippen molar-refractivity contribution >= 4 is 5.97 Å². The summed E-state index contributed by atoms with van der Waals surface area (Å²) < 4.78 is 16.4. The van der Waals surface area contributed by atoms with E-state index in [-0.39, 0.29) is 5.56 Å². The van der Waals surface area contributed by atoms with E-state index in [0.29, 0.717) is 43.8 Å². The maximum Gasteiger partial charge on any atom is 0.339 e. The third-order valence-corrected chi connectivity index (χ3v) is 2.59. The third-order valence-electron chi connectivity index (χ3n) is 2.59. The molecule has 0 unspecified atom stereocenters. The molecule has 1 aromatic carbocycles. The maximum atomic E-state index is 11.2. The van der Waals surface area contributed by atoms with Crippen molar-refractivity contribution in [2.45, 2.75) is 27.2 Å². The number of carboxylic acids is 1. The van der Waals surface area contributed by atoms with Gasteiger partial charge in [0, 0.05) is 12.7 Å². The molecule has 118 valence electrons. The highest BCUT2D eigenvalue weighted by atomic mass is 16.5. The van der Waals surface area contributed by atoms with E-state index in [1.54, 1.807) is 12.1 Å². The Labute approximate surface area is 125 Å². The van der Waals surface area contributed by atoms with Crippen LogP contribution in [0.1, 0.15) is 37.6 Å². The summed E-state index contributed by atoms with van der Waals surface area (Å²) in [5.41, 5.74) is 0.128. The molecule has 0 aliphatic heterocycles. The first kappa shape index (κ1) is 17.3. The Kier molecular flexibility index (Phi) is 7.61. The van der Waals surface area contributed by atoms with E-state index in [2.05, 4.69) is 13.8 Å². The van der Waals surface area contributed by atoms with Gasteiger partial charge in [0.1, 0.15) is 23.7 Å². The normalized spacial score (nSPS) is 10.7. The van der Waals surface area contributed by atoms with Gasteiger partial charge in [0.25, 0.3) is 0 Å². The van der Waals surface area contributed by atoms with Crippen molar-refractivity contribution in [3.05, 3.63) is 23.8 Å². The number of rotatable bonds is 10. The molecule has 0 radical (unpaired) electrons. The molecule has 0 atom stereocenters. The molecule has 5 nitrogen and oxygen atoms in total. The molecule has 0 fully saturated rings. The van der Waals surface area contributed by atoms with E-state index in [1.165, 1.54) is 6.07 Å². The summed E-state index contributed by atoms with van der Waals surface area (Å²) in [6, 6.07) is 4.75. The van der Waals surface area contributed by atoms with Crippen LogP contribution in [0.2, 0.25) is 0 Å². The van der Waals surface area contributed by atoms with Gasteiger partial charge in [-0.3, -0.25) is 0 Å². The van der Waals surface area contributed by atoms with Crippen molar-refractivity contribution in [3.8, 4) is 11.5 Å². The lowest BCUT2D eigenvalue weighted by Gasteiger charge is -2.12. The van der Waals surface area contributed by atoms with Gasteiger partial charge in [0.2, 0.25) is 0 Å². The average molecular weight is 296 g/mol. The van der Waals surface area contributed by atoms with E-state index in [0.717, 1.165) is 6.42 Å². The maximum absolute atomic E-state index is 11.2. The fraction of sp³-hybridized carbons (Fsp3) is 0.562. The van der Waals surface area contributed by atoms with E-state index in [1.807, 2.05) is 6.92 Å². The highest BCUT2D eigenvalue weighted by Gasteiger charge is 2.12. The van der Waals surface area contributed by atoms with Gasteiger partial charge in [-0.15, -0.1) is 0 Å². The molecule has 5 heteroatoms. The summed E-state index contributed by atoms with van der Waals surface area (Å²) in [6.07, 6.45) is 0.889. The summed E-state index contributed by atoms with van der Waals surface area (Å²) in [5, 5.41) is 9.16. The molecule has 1 N–H and O–H groups in total. The van der Waals surface area contributed by atoms with E-state index in [4.69, 9.17) is 19.3 Å². The van der Waals surface area contributed by atoms with Gasteiger partial charge in [0.05, 0.1) is 13.2 Å². The lowest BCUT2D eigenvalue weighted by molar-refractivity contribution is 0.0677. The van der Waals surface area contributed by atoms with Gasteiger partial charge < -0.3 is 19.3 Å². The van der Waals surface area contributed by atoms with Gasteiger partial charge in [-0.1, -0.05) is 20.8 Å². The van der Waals surface area contributed by atoms with Crippen LogP contribution in [-0.4, -0.2) is 37.5 Å². The minimum atomic E-state index is -1.02. The van der Waals surface area contributed by atoms with Crippen LogP contribution in [0.5, 0.6) is 11.5 Å². The molecule has 1 rings (SSSR count). The van der Waals surface area contributed by atoms with Gasteiger partial charge in [-0.25, -0.2) is 4.79 Å². The molecule has 0 heterocycles. The summed E-state index contributed by atoms with van der Waals surface area (Å²) in [4.78, 5) is 11.2. The molecule has 0 spiro atoms. The Bertz CT molecular complexity index is 442. The highest BCUT2D eigenvalue weighted by Crippen LogP contribution is 2.25. The molecule has 0 aliphatic carbocycles. The minimum Gasteiger partial charge on any atom is -0.493 e. The predicted octanol–water partition coefficient (Wildman–Crippen LogP) is 3.23. The monoisotopic (exact) mass is 296 g/mol. The van der Waals surface area contributed by atoms with Crippen molar-refractivity contribution in [1.82, 2.24) is 0 Å². The van der Waals surface area contributed by atoms with Crippen molar-refractivity contribution in [3.63, 3.8) is 0 Å². The second-order valence-corrected chi connectivity index (χ2v) is 5.13. The summed E-state index contributed by atoms with van der Waals surface area (Å²) in [6.45, 7) is 8.13. The van der Waals surface area contributed by atoms with Crippen molar-refractivity contribution in [1.29, 1.82) is 0 Å². The first-order valence-electron chi connectivity index (χ1n) is 7.25. The van der Waals surface area contributed by atoms with Gasteiger partial charge >= 0.3 is 5.97 Å². The van der Waals surface area contributed by atoms with E-state index < -0.39 is 5.97 Å². The van der Waals surface area contributed by atoms with Crippen LogP contribution in [0, 0.1) is 5.92 Å². The number of ether oxygens (including phenoxy) is 3. The highest BCUT2D eigenvalue weighted by molar-refractivity contribution is 5.91. The Hall–Kier alpha value is -1.75. The lowest BCUT2D eigenvalue weighted by atomic mass is 10.2. The second-order valence-electron chi connectivity index (χ2n) is 5.13. The molecule has 1 aromatic rings. The van der Waals surface area contributed by atoms with E-state index in [9.17, 15) is 4.79 Å². The molecule has 0 saturated heterocycles. The molecule has 21 heavy (non-hydrogen) atoms. The molecular formula is C16H24O5. The zero-order valence-corrected chi connectivity index (χ0v) is 12.9. The van der Waals surface area contributed by atoms with Gasteiger partial charge in [-0.2, -0.15) is 0 Å². The van der Waals surface area contributed by atoms with Crippen LogP contribution in [0.3, 0.4) is 0 Å². The molecule has 0 saturated carbocycles. The van der Waals surface area contributed by atoms with Crippen molar-refractivity contribution < 1.29 is 24.1 Å². The van der Waals surface area contributed by atoms with Crippen LogP contribution in [0.25, 0.3) is 0 Å². The average Bonchev–Trinajstić information content (AvgIpc) is 2.44. The zero-order chi connectivity index (χ0) is 15.7. The number of aromatic carboxylic acids is 1. The van der Waals surface area contributed by atoms with E-state index >= 15 is 0 Å². The summed E-state index contributed by atoms with van der Waals surface area (Å²) in [7, 11) is 0. The Morgan fingerprint density at radius 1 is 1.19 bits per heavy atom. The topological polar surface area (TPSA) is 65.0 Å². The molecule has 0 aromatic heterocycles. The second kappa shape index (κ2) is 9.23. The van der Waals surface area contributed by atoms with Crippen LogP contribution < -0.4 is 9.47 Å². The number of hydrogen-bond donors (Lipinski definition) is 1. The number of hydrogen-bond acceptors (Lipinski definition) is 4. The summed E-state index contributed by atoms with van der Waals surface area (Å²) in [5.74, 6) is 0.365. The molecule has 0 aliphatic rings. The number of carbonyl (C=O) groups is 1. The zero-order valence-electron chi connectivity index (χ0n) is 12.9. The fourth-order valence-corrected chi connectivity index (χ4v) is 1.64. The quantitative estimate of drug-likeness (QED) is 0.672. The van der Waals surface area contributed by atoms with Gasteiger partial charge in [-0.05, 0) is 24.5 Å². The van der Waals surface area contributed by atoms with Gasteiger partial charge in [0.15, 0.2) is 0 Å². The SMILES string of the molecule is CCCOc1ccc(C(=O)O)c(OCCOCC(C)C)c1. The first-order chi connectivity index (χ1) is 10.0. The Balaban J connectivity index is 2.61. The van der Waals surface area contributed by atoms with Crippen LogP contribution in [0.15, 0.2) is 18.2 Å². The number of benzene rings is 1. The predicted molar refractivity (Wildman–Crippen MR) is 80.3 cm³/mol. The van der Waals surface area contributed by atoms with Crippen LogP contribution >= 0.6 is 0 Å². The molecule has 0 amide bonds. The standard InChI is InChI=1S/C16H24O5/c1-4-7-20-13-5-6-14(16(17)18)15(10-13)21-9-8-19-11-12(2)3/h5-6,10,12H,4,7-9,11H2,1-3H3,(H,17,18). The van der Waals surface area contributed by atoms with Crippen LogP contribution in [0.4, 0.5) is 0 Å². The Morgan fingerprint density at radius 3 is 2.57 bits per heavy atom. The largest absolute Gasteiger partial charge is 0.493 e. The Morgan fingerprint density at radius 2 is 1.95 bits per heavy atom. The van der Waals surface area contributed by atoms with Crippen molar-refractivity contribution in [2.24, 2.45) is 5.92 Å². The smallest absolute Gasteiger partial charge is 0.339 e. The number of carboxylic acid groups (broad SMARTS) is 1. The first-order valence-corrected chi connectivity index (χ1v) is 7.25. The minimum absolute atomic E-state index is 0.128. The molecule has 0 bridgehead atoms. The van der Waals surface area contributed by atoms with Crippen molar-refractivity contribution in [2.75, 3.05) is 26.4 Å². The molecular weight excluding hydrogens is 272 g/mol. The third kappa shape index (κ3) is 6.49. The lowest BCUT2D eigenvalue weighted by Crippen LogP contribution is -2.12. The van der Waals surface area contributed by atoms with Crippen LogP contribution in [-0.2, 0) is 4.74 Å². The fourth-order valence-electron chi connectivity index (χ4n) is 1.64. The summed E-state index contributed by atoms with van der Waals surface area (Å²) >= 11 is 0.